The molecule has 0 amide bonds. The van der Waals surface area contributed by atoms with Crippen LogP contribution in [0.1, 0.15) is 13.8 Å². The number of benzene rings is 1. The van der Waals surface area contributed by atoms with Gasteiger partial charge in [0, 0.05) is 0 Å². The van der Waals surface area contributed by atoms with E-state index in [9.17, 15) is 4.79 Å². The largest absolute Gasteiger partial charge is 0.478 e. The molecule has 0 atom stereocenters. The third-order valence-electron chi connectivity index (χ3n) is 2.70. The third-order valence-corrected chi connectivity index (χ3v) is 3.05. The lowest BCUT2D eigenvalue weighted by Gasteiger charge is -2.19. The number of hydrogen-bond acceptors (Lipinski definition) is 4. The number of nitrogen functional groups attached to an aromatic ring is 1. The predicted octanol–water partition coefficient (Wildman–Crippen LogP) is 2.35. The maximum absolute atomic E-state index is 11.1. The van der Waals surface area contributed by atoms with Crippen molar-refractivity contribution >= 4 is 23.4 Å². The topological polar surface area (TPSA) is 90.4 Å². The highest BCUT2D eigenvalue weighted by atomic mass is 35.5. The number of aliphatic carboxylic acids is 1. The van der Waals surface area contributed by atoms with Crippen LogP contribution in [-0.4, -0.2) is 26.5 Å². The Labute approximate surface area is 120 Å². The van der Waals surface area contributed by atoms with E-state index in [0.717, 1.165) is 0 Å². The van der Waals surface area contributed by atoms with Gasteiger partial charge in [0.2, 0.25) is 5.60 Å². The molecule has 2 rings (SSSR count). The summed E-state index contributed by atoms with van der Waals surface area (Å²) in [6.45, 7) is 2.81. The lowest BCUT2D eigenvalue weighted by molar-refractivity contribution is -0.152. The highest BCUT2D eigenvalue weighted by molar-refractivity contribution is 6.34. The molecule has 0 unspecified atom stereocenters. The second-order valence-corrected chi connectivity index (χ2v) is 5.05. The van der Waals surface area contributed by atoms with Crippen molar-refractivity contribution in [3.63, 3.8) is 0 Å². The summed E-state index contributed by atoms with van der Waals surface area (Å²) in [7, 11) is 0. The highest BCUT2D eigenvalue weighted by Gasteiger charge is 2.32. The summed E-state index contributed by atoms with van der Waals surface area (Å²) < 4.78 is 6.73. The van der Waals surface area contributed by atoms with E-state index in [-0.39, 0.29) is 16.7 Å². The van der Waals surface area contributed by atoms with E-state index in [1.165, 1.54) is 18.5 Å². The molecule has 2 aromatic rings. The second-order valence-electron chi connectivity index (χ2n) is 4.67. The number of carbonyl (C=O) groups is 1. The molecule has 20 heavy (non-hydrogen) atoms. The number of nitrogens with two attached hydrogens (primary N) is 1. The third kappa shape index (κ3) is 2.55. The number of para-hydroxylation sites is 1. The lowest BCUT2D eigenvalue weighted by Crippen LogP contribution is -2.38. The van der Waals surface area contributed by atoms with Crippen LogP contribution >= 0.6 is 11.6 Å². The minimum Gasteiger partial charge on any atom is -0.478 e. The highest BCUT2D eigenvalue weighted by Crippen LogP contribution is 2.33. The van der Waals surface area contributed by atoms with Crippen molar-refractivity contribution in [3.05, 3.63) is 35.4 Å². The van der Waals surface area contributed by atoms with Crippen LogP contribution in [-0.2, 0) is 4.79 Å². The maximum Gasteiger partial charge on any atom is 0.347 e. The molecular weight excluding hydrogens is 282 g/mol. The molecule has 0 saturated heterocycles. The van der Waals surface area contributed by atoms with Gasteiger partial charge in [0.05, 0.1) is 5.69 Å². The number of rotatable bonds is 4. The Hall–Kier alpha value is -2.21. The summed E-state index contributed by atoms with van der Waals surface area (Å²) in [6, 6.07) is 9.10. The Bertz CT molecular complexity index is 638. The van der Waals surface area contributed by atoms with Crippen molar-refractivity contribution in [2.45, 2.75) is 19.4 Å². The minimum absolute atomic E-state index is 0.0135. The van der Waals surface area contributed by atoms with E-state index in [1.54, 1.807) is 12.1 Å². The van der Waals surface area contributed by atoms with Crippen LogP contribution in [0.4, 0.5) is 5.82 Å². The van der Waals surface area contributed by atoms with Gasteiger partial charge in [-0.15, -0.1) is 5.10 Å². The van der Waals surface area contributed by atoms with Crippen molar-refractivity contribution in [2.24, 2.45) is 0 Å². The molecule has 0 saturated carbocycles. The van der Waals surface area contributed by atoms with Crippen molar-refractivity contribution in [1.82, 2.24) is 9.78 Å². The molecule has 0 aliphatic rings. The number of carboxylic acid groups (broad SMARTS) is 1. The van der Waals surface area contributed by atoms with Crippen LogP contribution in [0.2, 0.25) is 5.02 Å². The molecule has 0 aliphatic carbocycles. The normalized spacial score (nSPS) is 11.3. The first-order valence-corrected chi connectivity index (χ1v) is 6.22. The van der Waals surface area contributed by atoms with Crippen molar-refractivity contribution < 1.29 is 14.6 Å². The van der Waals surface area contributed by atoms with Gasteiger partial charge in [-0.25, -0.2) is 9.48 Å². The number of nitrogens with zero attached hydrogens (tertiary/aromatic N) is 2. The number of carboxylic acids is 1. The van der Waals surface area contributed by atoms with Crippen LogP contribution in [0.25, 0.3) is 5.69 Å². The summed E-state index contributed by atoms with van der Waals surface area (Å²) in [4.78, 5) is 11.1. The molecule has 3 N–H and O–H groups in total. The summed E-state index contributed by atoms with van der Waals surface area (Å²) in [6.07, 6.45) is 0. The quantitative estimate of drug-likeness (QED) is 0.903. The number of aromatic nitrogens is 2. The smallest absolute Gasteiger partial charge is 0.347 e. The van der Waals surface area contributed by atoms with Crippen LogP contribution in [0, 0.1) is 0 Å². The summed E-state index contributed by atoms with van der Waals surface area (Å²) in [5.41, 5.74) is 5.12. The van der Waals surface area contributed by atoms with E-state index in [1.807, 2.05) is 18.2 Å². The lowest BCUT2D eigenvalue weighted by atomic mass is 10.1. The summed E-state index contributed by atoms with van der Waals surface area (Å²) in [5, 5.41) is 13.3. The van der Waals surface area contributed by atoms with Gasteiger partial charge in [-0.05, 0) is 26.0 Å². The van der Waals surface area contributed by atoms with Gasteiger partial charge >= 0.3 is 5.97 Å². The molecular formula is C13H14ClN3O3. The van der Waals surface area contributed by atoms with E-state index in [4.69, 9.17) is 27.2 Å². The Morgan fingerprint density at radius 2 is 2.00 bits per heavy atom. The average molecular weight is 296 g/mol. The Kier molecular flexibility index (Phi) is 3.59. The van der Waals surface area contributed by atoms with Gasteiger partial charge in [-0.2, -0.15) is 0 Å². The summed E-state index contributed by atoms with van der Waals surface area (Å²) >= 11 is 6.05. The van der Waals surface area contributed by atoms with E-state index < -0.39 is 11.6 Å². The second kappa shape index (κ2) is 5.05. The SMILES string of the molecule is CC(C)(Oc1nn(-c2ccccc2)c(N)c1Cl)C(=O)O. The molecule has 1 heterocycles. The number of anilines is 1. The molecule has 0 spiro atoms. The zero-order valence-corrected chi connectivity index (χ0v) is 11.8. The summed E-state index contributed by atoms with van der Waals surface area (Å²) in [5.74, 6) is -0.948. The van der Waals surface area contributed by atoms with Gasteiger partial charge in [-0.1, -0.05) is 29.8 Å². The fourth-order valence-corrected chi connectivity index (χ4v) is 1.66. The Morgan fingerprint density at radius 1 is 1.40 bits per heavy atom. The van der Waals surface area contributed by atoms with E-state index in [0.29, 0.717) is 5.69 Å². The fraction of sp³-hybridized carbons (Fsp3) is 0.231. The fourth-order valence-electron chi connectivity index (χ4n) is 1.51. The van der Waals surface area contributed by atoms with Crippen LogP contribution < -0.4 is 10.5 Å². The van der Waals surface area contributed by atoms with Gasteiger partial charge in [-0.3, -0.25) is 0 Å². The number of hydrogen-bond donors (Lipinski definition) is 2. The molecule has 0 bridgehead atoms. The van der Waals surface area contributed by atoms with Gasteiger partial charge in [0.1, 0.15) is 10.8 Å². The number of ether oxygens (including phenoxy) is 1. The van der Waals surface area contributed by atoms with Gasteiger partial charge in [0.15, 0.2) is 0 Å². The standard InChI is InChI=1S/C13H14ClN3O3/c1-13(2,12(18)19)20-11-9(14)10(15)17(16-11)8-6-4-3-5-7-8/h3-7H,15H2,1-2H3,(H,18,19). The van der Waals surface area contributed by atoms with Crippen LogP contribution in [0.5, 0.6) is 5.88 Å². The molecule has 1 aromatic carbocycles. The predicted molar refractivity (Wildman–Crippen MR) is 75.3 cm³/mol. The first-order chi connectivity index (χ1) is 9.33. The average Bonchev–Trinajstić information content (AvgIpc) is 2.67. The van der Waals surface area contributed by atoms with Crippen LogP contribution in [0.15, 0.2) is 30.3 Å². The monoisotopic (exact) mass is 295 g/mol. The number of halogens is 1. The van der Waals surface area contributed by atoms with Crippen molar-refractivity contribution in [1.29, 1.82) is 0 Å². The molecule has 6 nitrogen and oxygen atoms in total. The molecule has 1 aromatic heterocycles. The van der Waals surface area contributed by atoms with Crippen molar-refractivity contribution in [2.75, 3.05) is 5.73 Å². The van der Waals surface area contributed by atoms with E-state index >= 15 is 0 Å². The van der Waals surface area contributed by atoms with Gasteiger partial charge in [0.25, 0.3) is 5.88 Å². The molecule has 7 heteroatoms. The van der Waals surface area contributed by atoms with Crippen molar-refractivity contribution in [3.8, 4) is 11.6 Å². The Balaban J connectivity index is 2.41. The van der Waals surface area contributed by atoms with Crippen LogP contribution in [0.3, 0.4) is 0 Å². The first-order valence-electron chi connectivity index (χ1n) is 5.85. The molecule has 0 radical (unpaired) electrons. The zero-order chi connectivity index (χ0) is 14.9. The Morgan fingerprint density at radius 3 is 2.55 bits per heavy atom. The first kappa shape index (κ1) is 14.2. The molecule has 106 valence electrons. The maximum atomic E-state index is 11.1. The zero-order valence-electron chi connectivity index (χ0n) is 11.0. The van der Waals surface area contributed by atoms with Gasteiger partial charge < -0.3 is 15.6 Å². The minimum atomic E-state index is -1.45. The van der Waals surface area contributed by atoms with E-state index in [2.05, 4.69) is 5.10 Å². The molecule has 0 aliphatic heterocycles. The molecule has 0 fully saturated rings.